The molecule has 132 valence electrons. The first-order valence-corrected chi connectivity index (χ1v) is 8.27. The highest BCUT2D eigenvalue weighted by molar-refractivity contribution is 6.34. The highest BCUT2D eigenvalue weighted by Crippen LogP contribution is 2.27. The van der Waals surface area contributed by atoms with Gasteiger partial charge in [-0.05, 0) is 54.6 Å². The summed E-state index contributed by atoms with van der Waals surface area (Å²) in [5.74, 6) is 0.0899. The lowest BCUT2D eigenvalue weighted by molar-refractivity contribution is -0.111. The van der Waals surface area contributed by atoms with Crippen molar-refractivity contribution < 1.29 is 13.6 Å². The minimum Gasteiger partial charge on any atom is -0.457 e. The zero-order chi connectivity index (χ0) is 18.7. The van der Waals surface area contributed by atoms with Gasteiger partial charge in [0.1, 0.15) is 17.3 Å². The van der Waals surface area contributed by atoms with E-state index in [9.17, 15) is 9.18 Å². The number of nitrogens with two attached hydrogens (primary N) is 1. The number of furan rings is 1. The Morgan fingerprint density at radius 3 is 2.62 bits per heavy atom. The number of nitrogens with one attached hydrogen (secondary N) is 1. The fourth-order valence-corrected chi connectivity index (χ4v) is 2.63. The molecular formula is C19H13Cl2FN2O2. The Bertz CT molecular complexity index is 999. The molecule has 0 saturated heterocycles. The lowest BCUT2D eigenvalue weighted by atomic mass is 10.2. The van der Waals surface area contributed by atoms with Crippen molar-refractivity contribution in [3.05, 3.63) is 76.2 Å². The van der Waals surface area contributed by atoms with Gasteiger partial charge in [0.05, 0.1) is 15.7 Å². The van der Waals surface area contributed by atoms with E-state index in [0.29, 0.717) is 33.5 Å². The number of hydrogen-bond acceptors (Lipinski definition) is 3. The summed E-state index contributed by atoms with van der Waals surface area (Å²) in [5, 5.41) is 3.00. The third-order valence-corrected chi connectivity index (χ3v) is 4.08. The summed E-state index contributed by atoms with van der Waals surface area (Å²) in [7, 11) is 0. The van der Waals surface area contributed by atoms with E-state index in [1.54, 1.807) is 36.4 Å². The van der Waals surface area contributed by atoms with Gasteiger partial charge >= 0.3 is 0 Å². The van der Waals surface area contributed by atoms with E-state index in [4.69, 9.17) is 33.4 Å². The molecule has 7 heteroatoms. The molecule has 3 aromatic rings. The largest absolute Gasteiger partial charge is 0.457 e. The van der Waals surface area contributed by atoms with E-state index in [2.05, 4.69) is 5.32 Å². The zero-order valence-corrected chi connectivity index (χ0v) is 14.8. The molecule has 0 saturated carbocycles. The average molecular weight is 391 g/mol. The van der Waals surface area contributed by atoms with Gasteiger partial charge in [0, 0.05) is 17.3 Å². The summed E-state index contributed by atoms with van der Waals surface area (Å²) in [5.41, 5.74) is 7.20. The third-order valence-electron chi connectivity index (χ3n) is 3.48. The predicted molar refractivity (Wildman–Crippen MR) is 103 cm³/mol. The standard InChI is InChI=1S/C19H13Cl2FN2O2/c20-14-9-11(1-5-16(14)22)18-7-3-13(26-18)4-8-19(25)24-17-6-2-12(23)10-15(17)21/h1-10H,23H2,(H,24,25)/b8-4+. The summed E-state index contributed by atoms with van der Waals surface area (Å²) in [6.07, 6.45) is 2.82. The Morgan fingerprint density at radius 2 is 1.88 bits per heavy atom. The number of carbonyl (C=O) groups is 1. The van der Waals surface area contributed by atoms with Gasteiger partial charge in [-0.25, -0.2) is 4.39 Å². The van der Waals surface area contributed by atoms with E-state index in [1.165, 1.54) is 24.3 Å². The van der Waals surface area contributed by atoms with Crippen LogP contribution in [0.1, 0.15) is 5.76 Å². The Hall–Kier alpha value is -2.76. The van der Waals surface area contributed by atoms with E-state index < -0.39 is 5.82 Å². The number of carbonyl (C=O) groups excluding carboxylic acids is 1. The number of anilines is 2. The normalized spacial score (nSPS) is 11.0. The maximum absolute atomic E-state index is 13.2. The van der Waals surface area contributed by atoms with Gasteiger partial charge in [0.25, 0.3) is 0 Å². The lowest BCUT2D eigenvalue weighted by Gasteiger charge is -2.05. The average Bonchev–Trinajstić information content (AvgIpc) is 3.07. The van der Waals surface area contributed by atoms with Gasteiger partial charge < -0.3 is 15.5 Å². The first-order chi connectivity index (χ1) is 12.4. The monoisotopic (exact) mass is 390 g/mol. The smallest absolute Gasteiger partial charge is 0.248 e. The van der Waals surface area contributed by atoms with Gasteiger partial charge in [-0.3, -0.25) is 4.79 Å². The molecule has 26 heavy (non-hydrogen) atoms. The highest BCUT2D eigenvalue weighted by atomic mass is 35.5. The van der Waals surface area contributed by atoms with Gasteiger partial charge in [-0.2, -0.15) is 0 Å². The Kier molecular flexibility index (Phi) is 5.30. The van der Waals surface area contributed by atoms with E-state index >= 15 is 0 Å². The van der Waals surface area contributed by atoms with Crippen molar-refractivity contribution in [2.75, 3.05) is 11.1 Å². The maximum Gasteiger partial charge on any atom is 0.248 e. The fourth-order valence-electron chi connectivity index (χ4n) is 2.21. The van der Waals surface area contributed by atoms with Gasteiger partial charge in [-0.1, -0.05) is 23.2 Å². The summed E-state index contributed by atoms with van der Waals surface area (Å²) >= 11 is 11.8. The van der Waals surface area contributed by atoms with Crippen LogP contribution in [0.2, 0.25) is 10.0 Å². The zero-order valence-electron chi connectivity index (χ0n) is 13.3. The summed E-state index contributed by atoms with van der Waals surface area (Å²) in [6.45, 7) is 0. The van der Waals surface area contributed by atoms with E-state index in [0.717, 1.165) is 0 Å². The first kappa shape index (κ1) is 18.0. The van der Waals surface area contributed by atoms with Crippen molar-refractivity contribution in [2.24, 2.45) is 0 Å². The minimum absolute atomic E-state index is 0.00995. The molecule has 0 atom stereocenters. The quantitative estimate of drug-likeness (QED) is 0.448. The number of benzene rings is 2. The van der Waals surface area contributed by atoms with Crippen LogP contribution in [0.15, 0.2) is 59.0 Å². The molecular weight excluding hydrogens is 378 g/mol. The number of hydrogen-bond donors (Lipinski definition) is 2. The Morgan fingerprint density at radius 1 is 1.08 bits per heavy atom. The van der Waals surface area contributed by atoms with Crippen LogP contribution in [-0.4, -0.2) is 5.91 Å². The molecule has 0 bridgehead atoms. The molecule has 0 aliphatic carbocycles. The van der Waals surface area contributed by atoms with Crippen LogP contribution in [0.4, 0.5) is 15.8 Å². The van der Waals surface area contributed by atoms with Crippen LogP contribution in [0.25, 0.3) is 17.4 Å². The molecule has 0 aliphatic rings. The minimum atomic E-state index is -0.500. The number of nitrogen functional groups attached to an aromatic ring is 1. The topological polar surface area (TPSA) is 68.3 Å². The Balaban J connectivity index is 1.69. The van der Waals surface area contributed by atoms with Crippen LogP contribution >= 0.6 is 23.2 Å². The van der Waals surface area contributed by atoms with Crippen LogP contribution in [0, 0.1) is 5.82 Å². The molecule has 3 N–H and O–H groups in total. The van der Waals surface area contributed by atoms with E-state index in [-0.39, 0.29) is 10.9 Å². The summed E-state index contributed by atoms with van der Waals surface area (Å²) < 4.78 is 18.8. The van der Waals surface area contributed by atoms with Crippen molar-refractivity contribution in [3.63, 3.8) is 0 Å². The van der Waals surface area contributed by atoms with Gasteiger partial charge in [0.15, 0.2) is 0 Å². The molecule has 1 aromatic heterocycles. The van der Waals surface area contributed by atoms with Crippen molar-refractivity contribution in [1.82, 2.24) is 0 Å². The fraction of sp³-hybridized carbons (Fsp3) is 0. The maximum atomic E-state index is 13.2. The molecule has 0 spiro atoms. The van der Waals surface area contributed by atoms with Crippen molar-refractivity contribution >= 4 is 46.6 Å². The van der Waals surface area contributed by atoms with Crippen LogP contribution in [0.3, 0.4) is 0 Å². The molecule has 1 heterocycles. The molecule has 3 rings (SSSR count). The van der Waals surface area contributed by atoms with Gasteiger partial charge in [0.2, 0.25) is 5.91 Å². The third kappa shape index (κ3) is 4.25. The molecule has 2 aromatic carbocycles. The number of amides is 1. The predicted octanol–water partition coefficient (Wildman–Crippen LogP) is 5.63. The summed E-state index contributed by atoms with van der Waals surface area (Å²) in [4.78, 5) is 12.0. The molecule has 0 fully saturated rings. The van der Waals surface area contributed by atoms with Crippen LogP contribution in [-0.2, 0) is 4.79 Å². The van der Waals surface area contributed by atoms with Crippen LogP contribution < -0.4 is 11.1 Å². The van der Waals surface area contributed by atoms with Crippen molar-refractivity contribution in [1.29, 1.82) is 0 Å². The second kappa shape index (κ2) is 7.64. The lowest BCUT2D eigenvalue weighted by Crippen LogP contribution is -2.08. The second-order valence-electron chi connectivity index (χ2n) is 5.39. The highest BCUT2D eigenvalue weighted by Gasteiger charge is 2.08. The Labute approximate surface area is 159 Å². The first-order valence-electron chi connectivity index (χ1n) is 7.52. The summed E-state index contributed by atoms with van der Waals surface area (Å²) in [6, 6.07) is 12.5. The number of rotatable bonds is 4. The second-order valence-corrected chi connectivity index (χ2v) is 6.21. The molecule has 1 amide bonds. The van der Waals surface area contributed by atoms with Gasteiger partial charge in [-0.15, -0.1) is 0 Å². The van der Waals surface area contributed by atoms with Crippen molar-refractivity contribution in [3.8, 4) is 11.3 Å². The van der Waals surface area contributed by atoms with Crippen molar-refractivity contribution in [2.45, 2.75) is 0 Å². The SMILES string of the molecule is Nc1ccc(NC(=O)/C=C/c2ccc(-c3ccc(F)c(Cl)c3)o2)c(Cl)c1. The van der Waals surface area contributed by atoms with Crippen LogP contribution in [0.5, 0.6) is 0 Å². The number of halogens is 3. The molecule has 0 radical (unpaired) electrons. The van der Waals surface area contributed by atoms with E-state index in [1.807, 2.05) is 0 Å². The molecule has 4 nitrogen and oxygen atoms in total. The molecule has 0 unspecified atom stereocenters. The molecule has 0 aliphatic heterocycles.